The van der Waals surface area contributed by atoms with Crippen molar-refractivity contribution in [3.05, 3.63) is 57.6 Å². The predicted octanol–water partition coefficient (Wildman–Crippen LogP) is 5.80. The molecule has 0 saturated carbocycles. The first-order chi connectivity index (χ1) is 18.0. The van der Waals surface area contributed by atoms with Crippen LogP contribution in [0, 0.1) is 0 Å². The highest BCUT2D eigenvalue weighted by Gasteiger charge is 2.59. The van der Waals surface area contributed by atoms with E-state index in [9.17, 15) is 9.36 Å². The van der Waals surface area contributed by atoms with E-state index in [1.165, 1.54) is 19.2 Å². The zero-order chi connectivity index (χ0) is 28.8. The van der Waals surface area contributed by atoms with Gasteiger partial charge in [-0.15, -0.1) is 0 Å². The van der Waals surface area contributed by atoms with Crippen LogP contribution >= 0.6 is 19.4 Å². The molecular weight excluding hydrogens is 568 g/mol. The Balaban J connectivity index is 1.59. The summed E-state index contributed by atoms with van der Waals surface area (Å²) in [6.45, 7) is 11.1. The molecule has 6 atom stereocenters. The van der Waals surface area contributed by atoms with Crippen LogP contribution in [0.1, 0.15) is 52.0 Å². The summed E-state index contributed by atoms with van der Waals surface area (Å²) in [5, 5.41) is 0.266. The number of alkyl halides is 1. The van der Waals surface area contributed by atoms with E-state index in [4.69, 9.17) is 40.1 Å². The molecule has 1 aromatic carbocycles. The minimum absolute atomic E-state index is 0.00251. The van der Waals surface area contributed by atoms with Crippen molar-refractivity contribution in [3.8, 4) is 0 Å². The largest absolute Gasteiger partial charge is 0.475 e. The van der Waals surface area contributed by atoms with Gasteiger partial charge in [0.15, 0.2) is 20.2 Å². The van der Waals surface area contributed by atoms with E-state index >= 15 is 4.39 Å². The fourth-order valence-electron chi connectivity index (χ4n) is 4.31. The summed E-state index contributed by atoms with van der Waals surface area (Å²) in [7, 11) is -6.59. The Kier molecular flexibility index (Phi) is 8.54. The first kappa shape index (κ1) is 30.3. The third-order valence-electron chi connectivity index (χ3n) is 7.52. The molecule has 2 unspecified atom stereocenters. The van der Waals surface area contributed by atoms with Crippen molar-refractivity contribution in [2.75, 3.05) is 18.9 Å². The number of ether oxygens (including phenoxy) is 1. The number of nitrogens with two attached hydrogens (primary N) is 1. The fraction of sp³-hybridized carbons (Fsp3) is 0.600. The van der Waals surface area contributed by atoms with Gasteiger partial charge in [0.1, 0.15) is 18.0 Å². The maximum atomic E-state index is 16.6. The normalized spacial score (nSPS) is 31.9. The topological polar surface area (TPSA) is 124 Å². The van der Waals surface area contributed by atoms with Crippen LogP contribution in [0.25, 0.3) is 0 Å². The van der Waals surface area contributed by atoms with Gasteiger partial charge in [0.05, 0.1) is 19.3 Å². The first-order valence-corrected chi connectivity index (χ1v) is 17.5. The minimum Gasteiger partial charge on any atom is -0.408 e. The summed E-state index contributed by atoms with van der Waals surface area (Å²) < 4.78 is 60.5. The molecule has 2 saturated heterocycles. The predicted molar refractivity (Wildman–Crippen MR) is 148 cm³/mol. The summed E-state index contributed by atoms with van der Waals surface area (Å²) in [6.07, 6.45) is -2.39. The lowest BCUT2D eigenvalue weighted by atomic mass is 9.98. The summed E-state index contributed by atoms with van der Waals surface area (Å²) in [4.78, 5) is 16.3. The van der Waals surface area contributed by atoms with Crippen molar-refractivity contribution in [3.63, 3.8) is 0 Å². The number of rotatable bonds is 7. The van der Waals surface area contributed by atoms with Crippen molar-refractivity contribution in [2.45, 2.75) is 82.5 Å². The van der Waals surface area contributed by atoms with Crippen molar-refractivity contribution in [2.24, 2.45) is 0 Å². The van der Waals surface area contributed by atoms with Gasteiger partial charge in [-0.25, -0.2) is 13.8 Å². The highest BCUT2D eigenvalue weighted by atomic mass is 35.5. The van der Waals surface area contributed by atoms with E-state index in [1.54, 1.807) is 18.2 Å². The third kappa shape index (κ3) is 6.49. The van der Waals surface area contributed by atoms with Gasteiger partial charge in [-0.1, -0.05) is 44.5 Å². The third-order valence-corrected chi connectivity index (χ3v) is 13.7. The maximum absolute atomic E-state index is 16.6. The monoisotopic (exact) mass is 603 g/mol. The van der Waals surface area contributed by atoms with Gasteiger partial charge in [-0.3, -0.25) is 18.1 Å². The SMILES string of the molecule is CC(C)(C)[Si](C)(C)O[C@@H]1[C@@H](COP2(=O)OCC[C@@H](c3cccc(Cl)c3)O2)OC(n2ccc(N)nc2=O)[C@@]1(C)F. The maximum Gasteiger partial charge on any atom is 0.475 e. The number of aromatic nitrogens is 2. The number of phosphoric ester groups is 1. The molecule has 2 fully saturated rings. The van der Waals surface area contributed by atoms with Gasteiger partial charge in [-0.05, 0) is 48.8 Å². The highest BCUT2D eigenvalue weighted by molar-refractivity contribution is 7.48. The number of nitrogen functional groups attached to an aromatic ring is 1. The van der Waals surface area contributed by atoms with Crippen LogP contribution in [-0.4, -0.2) is 49.0 Å². The molecule has 39 heavy (non-hydrogen) atoms. The highest BCUT2D eigenvalue weighted by Crippen LogP contribution is 2.58. The quantitative estimate of drug-likeness (QED) is 0.309. The second-order valence-corrected chi connectivity index (χ2v) is 18.3. The van der Waals surface area contributed by atoms with Gasteiger partial charge in [0.25, 0.3) is 0 Å². The average molecular weight is 604 g/mol. The molecule has 0 aliphatic carbocycles. The Labute approximate surface area is 233 Å². The van der Waals surface area contributed by atoms with Crippen molar-refractivity contribution in [1.29, 1.82) is 0 Å². The summed E-state index contributed by atoms with van der Waals surface area (Å²) >= 11 is 6.11. The number of hydrogen-bond donors (Lipinski definition) is 1. The number of halogens is 2. The van der Waals surface area contributed by atoms with E-state index in [0.29, 0.717) is 11.4 Å². The molecule has 0 spiro atoms. The molecule has 0 radical (unpaired) electrons. The van der Waals surface area contributed by atoms with Crippen molar-refractivity contribution >= 4 is 33.6 Å². The van der Waals surface area contributed by atoms with Crippen LogP contribution in [0.4, 0.5) is 10.2 Å². The second-order valence-electron chi connectivity index (χ2n) is 11.5. The van der Waals surface area contributed by atoms with Crippen LogP contribution < -0.4 is 11.4 Å². The van der Waals surface area contributed by atoms with Crippen LogP contribution in [-0.2, 0) is 27.3 Å². The molecule has 2 aromatic rings. The molecule has 3 heterocycles. The van der Waals surface area contributed by atoms with Crippen LogP contribution in [0.3, 0.4) is 0 Å². The van der Waals surface area contributed by atoms with Crippen molar-refractivity contribution < 1.29 is 31.7 Å². The lowest BCUT2D eigenvalue weighted by Gasteiger charge is -2.41. The Hall–Kier alpha value is -1.63. The zero-order valence-electron chi connectivity index (χ0n) is 22.9. The Bertz CT molecular complexity index is 1300. The smallest absolute Gasteiger partial charge is 0.408 e. The number of nitrogens with zero attached hydrogens (tertiary/aromatic N) is 2. The number of hydrogen-bond acceptors (Lipinski definition) is 9. The summed E-state index contributed by atoms with van der Waals surface area (Å²) in [5.74, 6) is 0.00251. The molecule has 1 aromatic heterocycles. The number of phosphoric acid groups is 1. The second kappa shape index (κ2) is 11.0. The lowest BCUT2D eigenvalue weighted by molar-refractivity contribution is -0.0652. The number of benzene rings is 1. The number of anilines is 1. The van der Waals surface area contributed by atoms with Gasteiger partial charge in [0, 0.05) is 17.6 Å². The molecule has 2 aliphatic rings. The molecule has 2 N–H and O–H groups in total. The summed E-state index contributed by atoms with van der Waals surface area (Å²) in [5.41, 5.74) is 3.40. The Morgan fingerprint density at radius 2 is 2.05 bits per heavy atom. The fourth-order valence-corrected chi connectivity index (χ4v) is 7.27. The van der Waals surface area contributed by atoms with Gasteiger partial charge in [-0.2, -0.15) is 4.98 Å². The van der Waals surface area contributed by atoms with E-state index in [2.05, 4.69) is 4.98 Å². The molecule has 0 amide bonds. The van der Waals surface area contributed by atoms with Crippen LogP contribution in [0.15, 0.2) is 41.3 Å². The molecule has 0 bridgehead atoms. The first-order valence-electron chi connectivity index (χ1n) is 12.7. The van der Waals surface area contributed by atoms with Gasteiger partial charge in [0.2, 0.25) is 0 Å². The zero-order valence-corrected chi connectivity index (χ0v) is 25.6. The molecule has 10 nitrogen and oxygen atoms in total. The van der Waals surface area contributed by atoms with E-state index < -0.39 is 52.0 Å². The molecule has 4 rings (SSSR count). The van der Waals surface area contributed by atoms with Crippen molar-refractivity contribution in [1.82, 2.24) is 9.55 Å². The standard InChI is InChI=1S/C25H36ClFN3O7PSi/c1-24(2,3)39(5,6)37-21-19(35-22(25(21,4)27)30-12-10-20(28)29-23(30)31)15-34-38(32)33-13-11-18(36-38)16-8-7-9-17(26)14-16/h7-10,12,14,18-19,21-22H,11,13,15H2,1-6H3,(H2,28,29,31)/t18-,19+,21+,22?,25-,38?/m0/s1. The Morgan fingerprint density at radius 1 is 1.33 bits per heavy atom. The molecule has 216 valence electrons. The lowest BCUT2D eigenvalue weighted by Crippen LogP contribution is -2.53. The van der Waals surface area contributed by atoms with Gasteiger partial charge < -0.3 is 14.9 Å². The Morgan fingerprint density at radius 3 is 2.69 bits per heavy atom. The van der Waals surface area contributed by atoms with E-state index in [0.717, 1.165) is 10.1 Å². The molecular formula is C25H36ClFN3O7PSi. The van der Waals surface area contributed by atoms with Gasteiger partial charge >= 0.3 is 13.5 Å². The van der Waals surface area contributed by atoms with E-state index in [-0.39, 0.29) is 24.1 Å². The molecule has 14 heteroatoms. The van der Waals surface area contributed by atoms with Crippen LogP contribution in [0.5, 0.6) is 0 Å². The average Bonchev–Trinajstić information content (AvgIpc) is 3.06. The minimum atomic E-state index is -4.05. The van der Waals surface area contributed by atoms with E-state index in [1.807, 2.05) is 39.9 Å². The molecule has 2 aliphatic heterocycles. The van der Waals surface area contributed by atoms with Crippen LogP contribution in [0.2, 0.25) is 23.2 Å². The summed E-state index contributed by atoms with van der Waals surface area (Å²) in [6, 6.07) is 8.42.